The van der Waals surface area contributed by atoms with Crippen LogP contribution in [0.5, 0.6) is 5.75 Å². The zero-order chi connectivity index (χ0) is 10.7. The summed E-state index contributed by atoms with van der Waals surface area (Å²) in [5, 5.41) is 0. The third kappa shape index (κ3) is 1.98. The van der Waals surface area contributed by atoms with E-state index < -0.39 is 0 Å². The number of ether oxygens (including phenoxy) is 1. The molecule has 0 saturated carbocycles. The highest BCUT2D eigenvalue weighted by Crippen LogP contribution is 2.35. The maximum atomic E-state index is 5.98. The number of terminal acetylenes is 1. The second kappa shape index (κ2) is 4.37. The van der Waals surface area contributed by atoms with E-state index >= 15 is 0 Å². The van der Waals surface area contributed by atoms with Gasteiger partial charge in [-0.05, 0) is 30.0 Å². The first-order chi connectivity index (χ1) is 7.33. The van der Waals surface area contributed by atoms with Crippen LogP contribution in [0.4, 0.5) is 0 Å². The molecule has 1 unspecified atom stereocenters. The molecule has 0 spiro atoms. The Labute approximate surface area is 90.4 Å². The molecule has 78 valence electrons. The van der Waals surface area contributed by atoms with E-state index in [0.717, 1.165) is 18.6 Å². The molecule has 0 aliphatic heterocycles. The predicted octanol–water partition coefficient (Wildman–Crippen LogP) is 2.03. The molecule has 1 aromatic carbocycles. The van der Waals surface area contributed by atoms with Crippen LogP contribution in [0, 0.1) is 12.3 Å². The van der Waals surface area contributed by atoms with E-state index in [-0.39, 0.29) is 6.04 Å². The van der Waals surface area contributed by atoms with Crippen molar-refractivity contribution in [2.75, 3.05) is 6.61 Å². The van der Waals surface area contributed by atoms with Gasteiger partial charge in [-0.2, -0.15) is 0 Å². The molecular formula is C13H15NO. The fourth-order valence-corrected chi connectivity index (χ4v) is 2.01. The molecule has 1 aliphatic rings. The fraction of sp³-hybridized carbons (Fsp3) is 0.385. The number of hydrogen-bond acceptors (Lipinski definition) is 2. The maximum absolute atomic E-state index is 5.98. The highest BCUT2D eigenvalue weighted by molar-refractivity contribution is 5.44. The lowest BCUT2D eigenvalue weighted by molar-refractivity contribution is 0.324. The SMILES string of the molecule is C#CCCOc1cccc2c1CCC2N. The molecule has 0 bridgehead atoms. The molecule has 2 rings (SSSR count). The highest BCUT2D eigenvalue weighted by atomic mass is 16.5. The largest absolute Gasteiger partial charge is 0.492 e. The van der Waals surface area contributed by atoms with E-state index in [9.17, 15) is 0 Å². The number of rotatable bonds is 3. The van der Waals surface area contributed by atoms with Crippen LogP contribution in [0.2, 0.25) is 0 Å². The Morgan fingerprint density at radius 1 is 1.53 bits per heavy atom. The van der Waals surface area contributed by atoms with Crippen molar-refractivity contribution < 1.29 is 4.74 Å². The van der Waals surface area contributed by atoms with Crippen LogP contribution >= 0.6 is 0 Å². The van der Waals surface area contributed by atoms with Crippen LogP contribution in [0.3, 0.4) is 0 Å². The lowest BCUT2D eigenvalue weighted by Crippen LogP contribution is -2.05. The lowest BCUT2D eigenvalue weighted by Gasteiger charge is -2.10. The molecule has 2 nitrogen and oxygen atoms in total. The average Bonchev–Trinajstić information content (AvgIpc) is 2.62. The minimum atomic E-state index is 0.177. The van der Waals surface area contributed by atoms with Crippen LogP contribution in [-0.4, -0.2) is 6.61 Å². The Hall–Kier alpha value is -1.46. The third-order valence-corrected chi connectivity index (χ3v) is 2.78. The predicted molar refractivity (Wildman–Crippen MR) is 60.6 cm³/mol. The number of benzene rings is 1. The topological polar surface area (TPSA) is 35.2 Å². The molecule has 0 heterocycles. The Morgan fingerprint density at radius 2 is 2.40 bits per heavy atom. The molecule has 0 radical (unpaired) electrons. The fourth-order valence-electron chi connectivity index (χ4n) is 2.01. The van der Waals surface area contributed by atoms with Gasteiger partial charge in [0.15, 0.2) is 0 Å². The van der Waals surface area contributed by atoms with Crippen LogP contribution < -0.4 is 10.5 Å². The molecule has 0 saturated heterocycles. The molecule has 0 fully saturated rings. The molecular weight excluding hydrogens is 186 g/mol. The molecule has 1 atom stereocenters. The van der Waals surface area contributed by atoms with Crippen LogP contribution in [0.25, 0.3) is 0 Å². The average molecular weight is 201 g/mol. The van der Waals surface area contributed by atoms with Gasteiger partial charge in [0.25, 0.3) is 0 Å². The summed E-state index contributed by atoms with van der Waals surface area (Å²) in [5.74, 6) is 3.52. The van der Waals surface area contributed by atoms with Gasteiger partial charge in [-0.25, -0.2) is 0 Å². The normalized spacial score (nSPS) is 18.3. The van der Waals surface area contributed by atoms with Crippen LogP contribution in [-0.2, 0) is 6.42 Å². The number of nitrogens with two attached hydrogens (primary N) is 1. The first kappa shape index (κ1) is 10.1. The van der Waals surface area contributed by atoms with E-state index in [4.69, 9.17) is 16.9 Å². The summed E-state index contributed by atoms with van der Waals surface area (Å²) < 4.78 is 5.64. The van der Waals surface area contributed by atoms with E-state index in [1.54, 1.807) is 0 Å². The van der Waals surface area contributed by atoms with Crippen molar-refractivity contribution in [3.63, 3.8) is 0 Å². The van der Waals surface area contributed by atoms with Gasteiger partial charge in [0.2, 0.25) is 0 Å². The van der Waals surface area contributed by atoms with E-state index in [1.165, 1.54) is 11.1 Å². The van der Waals surface area contributed by atoms with Gasteiger partial charge in [-0.3, -0.25) is 0 Å². The first-order valence-corrected chi connectivity index (χ1v) is 5.26. The number of fused-ring (bicyclic) bond motifs is 1. The van der Waals surface area contributed by atoms with Gasteiger partial charge in [0, 0.05) is 12.5 Å². The Bertz CT molecular complexity index is 392. The van der Waals surface area contributed by atoms with Gasteiger partial charge in [0.05, 0.1) is 6.61 Å². The molecule has 0 aromatic heterocycles. The molecule has 2 heteroatoms. The maximum Gasteiger partial charge on any atom is 0.122 e. The van der Waals surface area contributed by atoms with Crippen LogP contribution in [0.15, 0.2) is 18.2 Å². The van der Waals surface area contributed by atoms with Crippen molar-refractivity contribution >= 4 is 0 Å². The zero-order valence-electron chi connectivity index (χ0n) is 8.70. The summed E-state index contributed by atoms with van der Waals surface area (Å²) >= 11 is 0. The van der Waals surface area contributed by atoms with E-state index in [2.05, 4.69) is 12.0 Å². The van der Waals surface area contributed by atoms with Crippen molar-refractivity contribution in [2.45, 2.75) is 25.3 Å². The van der Waals surface area contributed by atoms with Gasteiger partial charge < -0.3 is 10.5 Å². The summed E-state index contributed by atoms with van der Waals surface area (Å²) in [6.07, 6.45) is 7.86. The quantitative estimate of drug-likeness (QED) is 0.600. The lowest BCUT2D eigenvalue weighted by atomic mass is 10.1. The summed E-state index contributed by atoms with van der Waals surface area (Å²) in [6.45, 7) is 0.586. The molecule has 1 aliphatic carbocycles. The van der Waals surface area contributed by atoms with Crippen molar-refractivity contribution in [2.24, 2.45) is 5.73 Å². The van der Waals surface area contributed by atoms with E-state index in [0.29, 0.717) is 13.0 Å². The smallest absolute Gasteiger partial charge is 0.122 e. The molecule has 0 amide bonds. The monoisotopic (exact) mass is 201 g/mol. The molecule has 1 aromatic rings. The molecule has 2 N–H and O–H groups in total. The van der Waals surface area contributed by atoms with Gasteiger partial charge in [0.1, 0.15) is 5.75 Å². The minimum absolute atomic E-state index is 0.177. The van der Waals surface area contributed by atoms with Crippen LogP contribution in [0.1, 0.15) is 30.0 Å². The van der Waals surface area contributed by atoms with Crippen molar-refractivity contribution in [3.8, 4) is 18.1 Å². The summed E-state index contributed by atoms with van der Waals surface area (Å²) in [7, 11) is 0. The van der Waals surface area contributed by atoms with E-state index in [1.807, 2.05) is 12.1 Å². The van der Waals surface area contributed by atoms with Crippen molar-refractivity contribution in [1.82, 2.24) is 0 Å². The summed E-state index contributed by atoms with van der Waals surface area (Å²) in [6, 6.07) is 6.25. The second-order valence-corrected chi connectivity index (χ2v) is 3.77. The summed E-state index contributed by atoms with van der Waals surface area (Å²) in [5.41, 5.74) is 8.48. The van der Waals surface area contributed by atoms with Gasteiger partial charge in [-0.15, -0.1) is 12.3 Å². The minimum Gasteiger partial charge on any atom is -0.492 e. The first-order valence-electron chi connectivity index (χ1n) is 5.26. The van der Waals surface area contributed by atoms with Crippen molar-refractivity contribution in [1.29, 1.82) is 0 Å². The third-order valence-electron chi connectivity index (χ3n) is 2.78. The zero-order valence-corrected chi connectivity index (χ0v) is 8.70. The highest BCUT2D eigenvalue weighted by Gasteiger charge is 2.21. The van der Waals surface area contributed by atoms with Gasteiger partial charge >= 0.3 is 0 Å². The van der Waals surface area contributed by atoms with Gasteiger partial charge in [-0.1, -0.05) is 12.1 Å². The Balaban J connectivity index is 2.16. The standard InChI is InChI=1S/C13H15NO/c1-2-3-9-15-13-6-4-5-10-11(13)7-8-12(10)14/h1,4-6,12H,3,7-9,14H2. The van der Waals surface area contributed by atoms with Crippen molar-refractivity contribution in [3.05, 3.63) is 29.3 Å². The Kier molecular flexibility index (Phi) is 2.94. The Morgan fingerprint density at radius 3 is 3.20 bits per heavy atom. The summed E-state index contributed by atoms with van der Waals surface area (Å²) in [4.78, 5) is 0. The number of hydrogen-bond donors (Lipinski definition) is 1. The molecule has 15 heavy (non-hydrogen) atoms. The second-order valence-electron chi connectivity index (χ2n) is 3.77.